The highest BCUT2D eigenvalue weighted by molar-refractivity contribution is 5.39. The van der Waals surface area contributed by atoms with Crippen molar-refractivity contribution in [3.63, 3.8) is 0 Å². The summed E-state index contributed by atoms with van der Waals surface area (Å²) < 4.78 is 10.4. The lowest BCUT2D eigenvalue weighted by Gasteiger charge is -2.27. The van der Waals surface area contributed by atoms with Crippen LogP contribution >= 0.6 is 0 Å². The van der Waals surface area contributed by atoms with Crippen LogP contribution in [0.2, 0.25) is 0 Å². The molecule has 0 fully saturated rings. The number of ether oxygens (including phenoxy) is 2. The van der Waals surface area contributed by atoms with Crippen LogP contribution in [0.4, 0.5) is 0 Å². The predicted octanol–water partition coefficient (Wildman–Crippen LogP) is 2.70. The van der Waals surface area contributed by atoms with Crippen LogP contribution in [0.5, 0.6) is 5.75 Å². The van der Waals surface area contributed by atoms with Gasteiger partial charge in [-0.1, -0.05) is 6.07 Å². The summed E-state index contributed by atoms with van der Waals surface area (Å²) in [5.41, 5.74) is 2.88. The first kappa shape index (κ1) is 13.4. The zero-order chi connectivity index (χ0) is 12.8. The van der Waals surface area contributed by atoms with Crippen molar-refractivity contribution in [2.45, 2.75) is 31.7 Å². The van der Waals surface area contributed by atoms with E-state index in [1.165, 1.54) is 30.4 Å². The predicted molar refractivity (Wildman–Crippen MR) is 73.2 cm³/mol. The van der Waals surface area contributed by atoms with E-state index in [-0.39, 0.29) is 0 Å². The largest absolute Gasteiger partial charge is 0.497 e. The number of benzene rings is 1. The molecule has 1 N–H and O–H groups in total. The minimum Gasteiger partial charge on any atom is -0.497 e. The Kier molecular flexibility index (Phi) is 5.02. The monoisotopic (exact) mass is 249 g/mol. The molecule has 18 heavy (non-hydrogen) atoms. The maximum atomic E-state index is 5.32. The second-order valence-electron chi connectivity index (χ2n) is 4.81. The van der Waals surface area contributed by atoms with Crippen molar-refractivity contribution in [3.05, 3.63) is 29.3 Å². The summed E-state index contributed by atoms with van der Waals surface area (Å²) in [6, 6.07) is 6.92. The first-order chi connectivity index (χ1) is 8.85. The molecule has 0 heterocycles. The Balaban J connectivity index is 2.01. The van der Waals surface area contributed by atoms with Crippen LogP contribution in [0.3, 0.4) is 0 Å². The van der Waals surface area contributed by atoms with Crippen molar-refractivity contribution in [2.75, 3.05) is 27.4 Å². The summed E-state index contributed by atoms with van der Waals surface area (Å²) in [5, 5.41) is 3.63. The van der Waals surface area contributed by atoms with Crippen LogP contribution in [0, 0.1) is 0 Å². The van der Waals surface area contributed by atoms with E-state index >= 15 is 0 Å². The van der Waals surface area contributed by atoms with E-state index in [0.717, 1.165) is 25.3 Å². The van der Waals surface area contributed by atoms with Crippen LogP contribution in [-0.4, -0.2) is 27.4 Å². The molecule has 2 rings (SSSR count). The molecule has 0 aromatic heterocycles. The smallest absolute Gasteiger partial charge is 0.119 e. The average molecular weight is 249 g/mol. The maximum absolute atomic E-state index is 5.32. The molecule has 3 heteroatoms. The van der Waals surface area contributed by atoms with Gasteiger partial charge in [0, 0.05) is 19.8 Å². The Hall–Kier alpha value is -1.06. The van der Waals surface area contributed by atoms with Gasteiger partial charge in [0.1, 0.15) is 5.75 Å². The fraction of sp³-hybridized carbons (Fsp3) is 0.600. The van der Waals surface area contributed by atoms with Crippen LogP contribution in [0.25, 0.3) is 0 Å². The van der Waals surface area contributed by atoms with Gasteiger partial charge in [0.25, 0.3) is 0 Å². The SMILES string of the molecule is COCCCNC1CCCc2ccc(OC)cc21. The number of nitrogens with one attached hydrogen (secondary N) is 1. The zero-order valence-corrected chi connectivity index (χ0v) is 11.4. The molecule has 0 amide bonds. The van der Waals surface area contributed by atoms with Crippen molar-refractivity contribution in [1.29, 1.82) is 0 Å². The van der Waals surface area contributed by atoms with Gasteiger partial charge >= 0.3 is 0 Å². The molecule has 1 aliphatic rings. The average Bonchev–Trinajstić information content (AvgIpc) is 2.43. The summed E-state index contributed by atoms with van der Waals surface area (Å²) in [4.78, 5) is 0. The summed E-state index contributed by atoms with van der Waals surface area (Å²) in [5.74, 6) is 0.958. The highest BCUT2D eigenvalue weighted by atomic mass is 16.5. The number of rotatable bonds is 6. The maximum Gasteiger partial charge on any atom is 0.119 e. The third-order valence-corrected chi connectivity index (χ3v) is 3.58. The summed E-state index contributed by atoms with van der Waals surface area (Å²) in [6.45, 7) is 1.83. The Bertz CT molecular complexity index is 379. The Labute approximate surface area is 109 Å². The molecular formula is C15H23NO2. The lowest BCUT2D eigenvalue weighted by atomic mass is 9.87. The molecule has 0 spiro atoms. The minimum atomic E-state index is 0.473. The fourth-order valence-corrected chi connectivity index (χ4v) is 2.61. The first-order valence-electron chi connectivity index (χ1n) is 6.74. The number of fused-ring (bicyclic) bond motifs is 1. The lowest BCUT2D eigenvalue weighted by molar-refractivity contribution is 0.192. The molecule has 3 nitrogen and oxygen atoms in total. The van der Waals surface area contributed by atoms with Crippen LogP contribution in [0.15, 0.2) is 18.2 Å². The normalized spacial score (nSPS) is 18.4. The molecular weight excluding hydrogens is 226 g/mol. The van der Waals surface area contributed by atoms with Crippen molar-refractivity contribution in [1.82, 2.24) is 5.32 Å². The molecule has 0 saturated carbocycles. The standard InChI is InChI=1S/C15H23NO2/c1-17-10-4-9-16-15-6-3-5-12-7-8-13(18-2)11-14(12)15/h7-8,11,15-16H,3-6,9-10H2,1-2H3. The highest BCUT2D eigenvalue weighted by Gasteiger charge is 2.19. The molecule has 0 radical (unpaired) electrons. The van der Waals surface area contributed by atoms with Gasteiger partial charge in [0.15, 0.2) is 0 Å². The van der Waals surface area contributed by atoms with Gasteiger partial charge in [-0.2, -0.15) is 0 Å². The summed E-state index contributed by atoms with van der Waals surface area (Å²) in [6.07, 6.45) is 4.73. The van der Waals surface area contributed by atoms with Crippen LogP contribution < -0.4 is 10.1 Å². The van der Waals surface area contributed by atoms with Gasteiger partial charge in [-0.15, -0.1) is 0 Å². The molecule has 1 atom stereocenters. The minimum absolute atomic E-state index is 0.473. The van der Waals surface area contributed by atoms with Crippen molar-refractivity contribution >= 4 is 0 Å². The van der Waals surface area contributed by atoms with Crippen molar-refractivity contribution in [3.8, 4) is 5.75 Å². The third-order valence-electron chi connectivity index (χ3n) is 3.58. The highest BCUT2D eigenvalue weighted by Crippen LogP contribution is 2.32. The number of hydrogen-bond acceptors (Lipinski definition) is 3. The van der Waals surface area contributed by atoms with E-state index in [1.807, 2.05) is 0 Å². The third kappa shape index (κ3) is 3.24. The molecule has 1 aliphatic carbocycles. The summed E-state index contributed by atoms with van der Waals surface area (Å²) in [7, 11) is 3.48. The van der Waals surface area contributed by atoms with E-state index < -0.39 is 0 Å². The van der Waals surface area contributed by atoms with Gasteiger partial charge in [-0.05, 0) is 55.5 Å². The first-order valence-corrected chi connectivity index (χ1v) is 6.74. The molecule has 0 saturated heterocycles. The molecule has 0 aliphatic heterocycles. The molecule has 100 valence electrons. The number of methoxy groups -OCH3 is 2. The van der Waals surface area contributed by atoms with Gasteiger partial charge < -0.3 is 14.8 Å². The van der Waals surface area contributed by atoms with Crippen molar-refractivity contribution < 1.29 is 9.47 Å². The second kappa shape index (κ2) is 6.76. The summed E-state index contributed by atoms with van der Waals surface area (Å²) >= 11 is 0. The Morgan fingerprint density at radius 2 is 2.22 bits per heavy atom. The zero-order valence-electron chi connectivity index (χ0n) is 11.4. The van der Waals surface area contributed by atoms with Gasteiger partial charge in [0.2, 0.25) is 0 Å². The Morgan fingerprint density at radius 3 is 3.00 bits per heavy atom. The van der Waals surface area contributed by atoms with Crippen LogP contribution in [-0.2, 0) is 11.2 Å². The lowest BCUT2D eigenvalue weighted by Crippen LogP contribution is -2.26. The second-order valence-corrected chi connectivity index (χ2v) is 4.81. The molecule has 1 aromatic carbocycles. The van der Waals surface area contributed by atoms with E-state index in [1.54, 1.807) is 14.2 Å². The van der Waals surface area contributed by atoms with Gasteiger partial charge in [-0.3, -0.25) is 0 Å². The van der Waals surface area contributed by atoms with E-state index in [9.17, 15) is 0 Å². The van der Waals surface area contributed by atoms with Crippen LogP contribution in [0.1, 0.15) is 36.4 Å². The van der Waals surface area contributed by atoms with Gasteiger partial charge in [0.05, 0.1) is 7.11 Å². The molecule has 1 aromatic rings. The van der Waals surface area contributed by atoms with E-state index in [4.69, 9.17) is 9.47 Å². The van der Waals surface area contributed by atoms with E-state index in [0.29, 0.717) is 6.04 Å². The quantitative estimate of drug-likeness (QED) is 0.786. The fourth-order valence-electron chi connectivity index (χ4n) is 2.61. The van der Waals surface area contributed by atoms with E-state index in [2.05, 4.69) is 23.5 Å². The topological polar surface area (TPSA) is 30.5 Å². The van der Waals surface area contributed by atoms with Crippen molar-refractivity contribution in [2.24, 2.45) is 0 Å². The van der Waals surface area contributed by atoms with Gasteiger partial charge in [-0.25, -0.2) is 0 Å². The molecule has 0 bridgehead atoms. The number of aryl methyl sites for hydroxylation is 1. The number of hydrogen-bond donors (Lipinski definition) is 1. The Morgan fingerprint density at radius 1 is 1.33 bits per heavy atom. The molecule has 1 unspecified atom stereocenters.